The summed E-state index contributed by atoms with van der Waals surface area (Å²) in [6, 6.07) is 0.556. The van der Waals surface area contributed by atoms with Crippen LogP contribution in [-0.2, 0) is 4.79 Å². The molecule has 16 heavy (non-hydrogen) atoms. The zero-order chi connectivity index (χ0) is 12.4. The Bertz CT molecular complexity index is 179. The van der Waals surface area contributed by atoms with Gasteiger partial charge in [-0.3, -0.25) is 4.79 Å². The molecule has 96 valence electrons. The summed E-state index contributed by atoms with van der Waals surface area (Å²) in [6.45, 7) is 10.4. The summed E-state index contributed by atoms with van der Waals surface area (Å²) in [5.41, 5.74) is 0. The molecule has 0 saturated heterocycles. The fourth-order valence-corrected chi connectivity index (χ4v) is 1.38. The van der Waals surface area contributed by atoms with E-state index in [0.717, 1.165) is 32.4 Å². The third kappa shape index (κ3) is 11.5. The summed E-state index contributed by atoms with van der Waals surface area (Å²) in [4.78, 5) is 11.4. The topological polar surface area (TPSA) is 41.1 Å². The lowest BCUT2D eigenvalue weighted by molar-refractivity contribution is -0.121. The van der Waals surface area contributed by atoms with Crippen molar-refractivity contribution in [3.8, 4) is 0 Å². The molecule has 0 spiro atoms. The highest BCUT2D eigenvalue weighted by Gasteiger charge is 2.02. The van der Waals surface area contributed by atoms with E-state index in [9.17, 15) is 4.79 Å². The number of carbonyl (C=O) groups is 1. The van der Waals surface area contributed by atoms with Gasteiger partial charge in [-0.15, -0.1) is 0 Å². The minimum Gasteiger partial charge on any atom is -0.356 e. The SMILES string of the molecule is CC(C)CCC(=O)NCCCCNC(C)C. The molecule has 0 heterocycles. The van der Waals surface area contributed by atoms with E-state index in [1.165, 1.54) is 0 Å². The van der Waals surface area contributed by atoms with Crippen molar-refractivity contribution in [3.05, 3.63) is 0 Å². The van der Waals surface area contributed by atoms with Crippen LogP contribution in [-0.4, -0.2) is 25.0 Å². The van der Waals surface area contributed by atoms with E-state index in [1.807, 2.05) is 0 Å². The Morgan fingerprint density at radius 1 is 1.06 bits per heavy atom. The highest BCUT2D eigenvalue weighted by Crippen LogP contribution is 2.02. The van der Waals surface area contributed by atoms with Crippen molar-refractivity contribution in [2.45, 2.75) is 59.4 Å². The Hall–Kier alpha value is -0.570. The number of unbranched alkanes of at least 4 members (excludes halogenated alkanes) is 1. The van der Waals surface area contributed by atoms with Gasteiger partial charge in [-0.1, -0.05) is 27.7 Å². The van der Waals surface area contributed by atoms with Crippen LogP contribution in [0.2, 0.25) is 0 Å². The molecule has 0 rings (SSSR count). The van der Waals surface area contributed by atoms with E-state index in [0.29, 0.717) is 18.4 Å². The second kappa shape index (κ2) is 9.64. The highest BCUT2D eigenvalue weighted by atomic mass is 16.1. The predicted molar refractivity (Wildman–Crippen MR) is 69.5 cm³/mol. The summed E-state index contributed by atoms with van der Waals surface area (Å²) in [7, 11) is 0. The summed E-state index contributed by atoms with van der Waals surface area (Å²) in [5.74, 6) is 0.812. The number of hydrogen-bond acceptors (Lipinski definition) is 2. The van der Waals surface area contributed by atoms with Gasteiger partial charge in [-0.2, -0.15) is 0 Å². The van der Waals surface area contributed by atoms with Crippen LogP contribution in [0.4, 0.5) is 0 Å². The van der Waals surface area contributed by atoms with Crippen molar-refractivity contribution >= 4 is 5.91 Å². The van der Waals surface area contributed by atoms with E-state index >= 15 is 0 Å². The third-order valence-corrected chi connectivity index (χ3v) is 2.43. The molecule has 0 bridgehead atoms. The van der Waals surface area contributed by atoms with Crippen LogP contribution >= 0.6 is 0 Å². The Morgan fingerprint density at radius 3 is 2.25 bits per heavy atom. The van der Waals surface area contributed by atoms with Gasteiger partial charge in [0.1, 0.15) is 0 Å². The molecule has 0 aromatic rings. The summed E-state index contributed by atoms with van der Waals surface area (Å²) < 4.78 is 0. The lowest BCUT2D eigenvalue weighted by atomic mass is 10.1. The normalized spacial score (nSPS) is 11.1. The third-order valence-electron chi connectivity index (χ3n) is 2.43. The molecule has 3 nitrogen and oxygen atoms in total. The molecule has 0 aromatic carbocycles. The Labute approximate surface area is 100 Å². The Balaban J connectivity index is 3.21. The number of amides is 1. The maximum absolute atomic E-state index is 11.4. The van der Waals surface area contributed by atoms with Crippen molar-refractivity contribution in [1.82, 2.24) is 10.6 Å². The highest BCUT2D eigenvalue weighted by molar-refractivity contribution is 5.75. The van der Waals surface area contributed by atoms with Crippen molar-refractivity contribution in [2.24, 2.45) is 5.92 Å². The van der Waals surface area contributed by atoms with Gasteiger partial charge in [0.25, 0.3) is 0 Å². The van der Waals surface area contributed by atoms with Crippen molar-refractivity contribution < 1.29 is 4.79 Å². The van der Waals surface area contributed by atoms with E-state index in [4.69, 9.17) is 0 Å². The fraction of sp³-hybridized carbons (Fsp3) is 0.923. The van der Waals surface area contributed by atoms with Crippen LogP contribution in [0.15, 0.2) is 0 Å². The molecular weight excluding hydrogens is 200 g/mol. The second-order valence-corrected chi connectivity index (χ2v) is 5.10. The van der Waals surface area contributed by atoms with Gasteiger partial charge >= 0.3 is 0 Å². The minimum atomic E-state index is 0.200. The van der Waals surface area contributed by atoms with E-state index in [1.54, 1.807) is 0 Å². The van der Waals surface area contributed by atoms with Crippen LogP contribution in [0, 0.1) is 5.92 Å². The molecule has 0 unspecified atom stereocenters. The molecule has 2 N–H and O–H groups in total. The first-order chi connectivity index (χ1) is 7.52. The van der Waals surface area contributed by atoms with Gasteiger partial charge in [0, 0.05) is 19.0 Å². The van der Waals surface area contributed by atoms with Gasteiger partial charge < -0.3 is 10.6 Å². The molecule has 0 atom stereocenters. The number of carbonyl (C=O) groups excluding carboxylic acids is 1. The lowest BCUT2D eigenvalue weighted by Gasteiger charge is -2.08. The average molecular weight is 228 g/mol. The largest absolute Gasteiger partial charge is 0.356 e. The molecule has 0 aliphatic heterocycles. The molecule has 1 amide bonds. The first-order valence-corrected chi connectivity index (χ1v) is 6.52. The zero-order valence-corrected chi connectivity index (χ0v) is 11.3. The lowest BCUT2D eigenvalue weighted by Crippen LogP contribution is -2.27. The maximum Gasteiger partial charge on any atom is 0.220 e. The van der Waals surface area contributed by atoms with E-state index in [-0.39, 0.29) is 5.91 Å². The molecule has 0 aliphatic carbocycles. The van der Waals surface area contributed by atoms with Gasteiger partial charge in [0.15, 0.2) is 0 Å². The first kappa shape index (κ1) is 15.4. The average Bonchev–Trinajstić information content (AvgIpc) is 2.19. The molecule has 0 aromatic heterocycles. The first-order valence-electron chi connectivity index (χ1n) is 6.52. The monoisotopic (exact) mass is 228 g/mol. The van der Waals surface area contributed by atoms with Gasteiger partial charge in [-0.05, 0) is 31.7 Å². The van der Waals surface area contributed by atoms with Crippen molar-refractivity contribution in [3.63, 3.8) is 0 Å². The summed E-state index contributed by atoms with van der Waals surface area (Å²) in [6.07, 6.45) is 3.85. The van der Waals surface area contributed by atoms with E-state index < -0.39 is 0 Å². The van der Waals surface area contributed by atoms with Gasteiger partial charge in [0.2, 0.25) is 5.91 Å². The zero-order valence-electron chi connectivity index (χ0n) is 11.3. The molecule has 0 saturated carbocycles. The van der Waals surface area contributed by atoms with Crippen LogP contribution in [0.1, 0.15) is 53.4 Å². The second-order valence-electron chi connectivity index (χ2n) is 5.10. The smallest absolute Gasteiger partial charge is 0.220 e. The predicted octanol–water partition coefficient (Wildman–Crippen LogP) is 2.32. The standard InChI is InChI=1S/C13H28N2O/c1-11(2)7-8-13(16)15-10-6-5-9-14-12(3)4/h11-12,14H,5-10H2,1-4H3,(H,15,16). The maximum atomic E-state index is 11.4. The van der Waals surface area contributed by atoms with Crippen LogP contribution in [0.25, 0.3) is 0 Å². The number of nitrogens with one attached hydrogen (secondary N) is 2. The number of rotatable bonds is 9. The van der Waals surface area contributed by atoms with Crippen molar-refractivity contribution in [2.75, 3.05) is 13.1 Å². The molecule has 0 fully saturated rings. The van der Waals surface area contributed by atoms with Crippen LogP contribution in [0.5, 0.6) is 0 Å². The fourth-order valence-electron chi connectivity index (χ4n) is 1.38. The van der Waals surface area contributed by atoms with Gasteiger partial charge in [-0.25, -0.2) is 0 Å². The molecule has 3 heteroatoms. The number of hydrogen-bond donors (Lipinski definition) is 2. The molecule has 0 aliphatic rings. The quantitative estimate of drug-likeness (QED) is 0.595. The van der Waals surface area contributed by atoms with Crippen LogP contribution < -0.4 is 10.6 Å². The Morgan fingerprint density at radius 2 is 1.69 bits per heavy atom. The molecule has 0 radical (unpaired) electrons. The minimum absolute atomic E-state index is 0.200. The summed E-state index contributed by atoms with van der Waals surface area (Å²) >= 11 is 0. The van der Waals surface area contributed by atoms with Crippen LogP contribution in [0.3, 0.4) is 0 Å². The van der Waals surface area contributed by atoms with E-state index in [2.05, 4.69) is 38.3 Å². The Kier molecular flexibility index (Phi) is 9.30. The molecular formula is C13H28N2O. The van der Waals surface area contributed by atoms with Gasteiger partial charge in [0.05, 0.1) is 0 Å². The summed E-state index contributed by atoms with van der Waals surface area (Å²) in [5, 5.41) is 6.32. The van der Waals surface area contributed by atoms with Crippen molar-refractivity contribution in [1.29, 1.82) is 0 Å².